The SMILES string of the molecule is COc1ccc2ncc(Cl)c(CCCC3(C(=O)NO)CCN(CCCc4ccccn4)CC3)c2c1.O=C(NO)C1CCNCC1. The van der Waals surface area contributed by atoms with Gasteiger partial charge in [-0.25, -0.2) is 11.0 Å². The summed E-state index contributed by atoms with van der Waals surface area (Å²) in [5.74, 6) is 0.236. The van der Waals surface area contributed by atoms with E-state index in [1.165, 1.54) is 0 Å². The molecule has 2 aliphatic heterocycles. The summed E-state index contributed by atoms with van der Waals surface area (Å²) >= 11 is 6.52. The number of hydroxylamine groups is 2. The standard InChI is InChI=1S/C27H33ClN4O3.C6H12N2O2/c1-35-21-9-10-25-23(18-21)22(24(28)19-30-25)8-4-11-27(26(33)31-34)12-16-32(17-13-27)15-5-7-20-6-2-3-14-29-20;9-6(8-10)5-1-3-7-4-2-5/h2-3,6,9-10,14,18-19,34H,4-5,7-8,11-13,15-17H2,1H3,(H,31,33);5,7,10H,1-4H2,(H,8,9). The van der Waals surface area contributed by atoms with Gasteiger partial charge in [0, 0.05) is 29.4 Å². The average Bonchev–Trinajstić information content (AvgIpc) is 3.10. The number of halogens is 1. The van der Waals surface area contributed by atoms with Crippen molar-refractivity contribution in [2.24, 2.45) is 11.3 Å². The Morgan fingerprint density at radius 1 is 1.07 bits per heavy atom. The van der Waals surface area contributed by atoms with Gasteiger partial charge in [0.05, 0.1) is 23.1 Å². The van der Waals surface area contributed by atoms with Gasteiger partial charge in [0.25, 0.3) is 0 Å². The van der Waals surface area contributed by atoms with E-state index in [1.54, 1.807) is 18.8 Å². The number of amides is 2. The maximum absolute atomic E-state index is 12.8. The van der Waals surface area contributed by atoms with Gasteiger partial charge in [0.2, 0.25) is 11.8 Å². The highest BCUT2D eigenvalue weighted by molar-refractivity contribution is 6.32. The topological polar surface area (TPSA) is 149 Å². The number of hydrogen-bond acceptors (Lipinski definition) is 9. The van der Waals surface area contributed by atoms with Gasteiger partial charge < -0.3 is 15.0 Å². The Hall–Kier alpha value is -3.35. The molecule has 4 heterocycles. The highest BCUT2D eigenvalue weighted by Gasteiger charge is 2.40. The zero-order chi connectivity index (χ0) is 32.1. The first-order chi connectivity index (χ1) is 21.9. The molecule has 244 valence electrons. The van der Waals surface area contributed by atoms with E-state index in [2.05, 4.69) is 26.3 Å². The third-order valence-corrected chi connectivity index (χ3v) is 9.39. The van der Waals surface area contributed by atoms with Crippen LogP contribution in [0.3, 0.4) is 0 Å². The molecule has 5 rings (SSSR count). The van der Waals surface area contributed by atoms with E-state index in [0.29, 0.717) is 11.4 Å². The Morgan fingerprint density at radius 3 is 2.51 bits per heavy atom. The van der Waals surface area contributed by atoms with Gasteiger partial charge in [-0.15, -0.1) is 0 Å². The van der Waals surface area contributed by atoms with Crippen LogP contribution in [0, 0.1) is 11.3 Å². The van der Waals surface area contributed by atoms with Crippen molar-refractivity contribution < 1.29 is 24.7 Å². The molecule has 2 amide bonds. The summed E-state index contributed by atoms with van der Waals surface area (Å²) in [5.41, 5.74) is 6.03. The average molecular weight is 641 g/mol. The number of benzene rings is 1. The van der Waals surface area contributed by atoms with Crippen molar-refractivity contribution in [1.82, 2.24) is 31.1 Å². The fourth-order valence-corrected chi connectivity index (χ4v) is 6.55. The maximum Gasteiger partial charge on any atom is 0.249 e. The van der Waals surface area contributed by atoms with Crippen LogP contribution in [0.15, 0.2) is 48.8 Å². The number of aryl methyl sites for hydroxylation is 2. The van der Waals surface area contributed by atoms with Crippen LogP contribution in [-0.2, 0) is 22.4 Å². The molecule has 0 unspecified atom stereocenters. The zero-order valence-electron chi connectivity index (χ0n) is 25.9. The van der Waals surface area contributed by atoms with Crippen molar-refractivity contribution in [3.8, 4) is 5.75 Å². The number of nitrogens with one attached hydrogen (secondary N) is 3. The molecule has 12 heteroatoms. The highest BCUT2D eigenvalue weighted by Crippen LogP contribution is 2.38. The van der Waals surface area contributed by atoms with E-state index in [-0.39, 0.29) is 17.7 Å². The maximum atomic E-state index is 12.8. The summed E-state index contributed by atoms with van der Waals surface area (Å²) < 4.78 is 5.38. The molecule has 3 aromatic rings. The third kappa shape index (κ3) is 9.57. The summed E-state index contributed by atoms with van der Waals surface area (Å²) in [4.78, 5) is 34.8. The minimum Gasteiger partial charge on any atom is -0.497 e. The second-order valence-corrected chi connectivity index (χ2v) is 12.2. The van der Waals surface area contributed by atoms with Crippen molar-refractivity contribution in [3.05, 3.63) is 65.1 Å². The normalized spacial score (nSPS) is 16.8. The van der Waals surface area contributed by atoms with Crippen molar-refractivity contribution in [1.29, 1.82) is 0 Å². The number of hydrogen-bond donors (Lipinski definition) is 5. The highest BCUT2D eigenvalue weighted by atomic mass is 35.5. The lowest BCUT2D eigenvalue weighted by Crippen LogP contribution is -2.48. The quantitative estimate of drug-likeness (QED) is 0.153. The van der Waals surface area contributed by atoms with Crippen molar-refractivity contribution in [2.75, 3.05) is 39.8 Å². The predicted octanol–water partition coefficient (Wildman–Crippen LogP) is 4.33. The lowest BCUT2D eigenvalue weighted by Gasteiger charge is -2.40. The Labute approximate surface area is 269 Å². The lowest BCUT2D eigenvalue weighted by molar-refractivity contribution is -0.143. The Balaban J connectivity index is 0.000000392. The zero-order valence-corrected chi connectivity index (χ0v) is 26.7. The molecule has 1 aromatic carbocycles. The minimum atomic E-state index is -0.570. The van der Waals surface area contributed by atoms with Gasteiger partial charge in [0.15, 0.2) is 0 Å². The smallest absolute Gasteiger partial charge is 0.249 e. The van der Waals surface area contributed by atoms with E-state index < -0.39 is 5.41 Å². The summed E-state index contributed by atoms with van der Waals surface area (Å²) in [6.07, 6.45) is 10.8. The number of rotatable bonds is 11. The molecule has 0 spiro atoms. The van der Waals surface area contributed by atoms with Crippen LogP contribution in [0.2, 0.25) is 5.02 Å². The molecule has 5 N–H and O–H groups in total. The van der Waals surface area contributed by atoms with E-state index in [9.17, 15) is 14.8 Å². The second-order valence-electron chi connectivity index (χ2n) is 11.8. The predicted molar refractivity (Wildman–Crippen MR) is 172 cm³/mol. The first-order valence-electron chi connectivity index (χ1n) is 15.7. The minimum absolute atomic E-state index is 0.00579. The number of piperidine rings is 2. The first-order valence-corrected chi connectivity index (χ1v) is 16.1. The Kier molecular flexibility index (Phi) is 13.3. The molecule has 11 nitrogen and oxygen atoms in total. The Bertz CT molecular complexity index is 1380. The van der Waals surface area contributed by atoms with Crippen LogP contribution < -0.4 is 21.0 Å². The van der Waals surface area contributed by atoms with E-state index in [1.807, 2.05) is 42.0 Å². The number of nitrogens with zero attached hydrogens (tertiary/aromatic N) is 3. The van der Waals surface area contributed by atoms with E-state index in [0.717, 1.165) is 112 Å². The molecule has 0 aliphatic carbocycles. The summed E-state index contributed by atoms with van der Waals surface area (Å²) in [7, 11) is 1.64. The van der Waals surface area contributed by atoms with Gasteiger partial charge in [-0.05, 0) is 126 Å². The molecular formula is C33H45ClN6O5. The number of aromatic nitrogens is 2. The van der Waals surface area contributed by atoms with Gasteiger partial charge in [-0.1, -0.05) is 17.7 Å². The van der Waals surface area contributed by atoms with E-state index >= 15 is 0 Å². The molecule has 45 heavy (non-hydrogen) atoms. The molecular weight excluding hydrogens is 596 g/mol. The number of ether oxygens (including phenoxy) is 1. The van der Waals surface area contributed by atoms with Crippen LogP contribution in [0.5, 0.6) is 5.75 Å². The number of likely N-dealkylation sites (tertiary alicyclic amines) is 1. The lowest BCUT2D eigenvalue weighted by atomic mass is 9.73. The number of fused-ring (bicyclic) bond motifs is 1. The van der Waals surface area contributed by atoms with Gasteiger partial charge in [-0.2, -0.15) is 0 Å². The molecule has 2 saturated heterocycles. The van der Waals surface area contributed by atoms with Crippen molar-refractivity contribution >= 4 is 34.3 Å². The summed E-state index contributed by atoms with van der Waals surface area (Å²) in [6, 6.07) is 11.8. The molecule has 0 bridgehead atoms. The molecule has 2 fully saturated rings. The van der Waals surface area contributed by atoms with Gasteiger partial charge in [-0.3, -0.25) is 30.0 Å². The summed E-state index contributed by atoms with van der Waals surface area (Å²) in [6.45, 7) is 4.40. The first kappa shape index (κ1) is 34.5. The monoisotopic (exact) mass is 640 g/mol. The largest absolute Gasteiger partial charge is 0.497 e. The summed E-state index contributed by atoms with van der Waals surface area (Å²) in [5, 5.41) is 22.5. The number of carbonyl (C=O) groups excluding carboxylic acids is 2. The van der Waals surface area contributed by atoms with Gasteiger partial charge in [0.1, 0.15) is 5.75 Å². The second kappa shape index (κ2) is 17.4. The van der Waals surface area contributed by atoms with Crippen molar-refractivity contribution in [2.45, 2.75) is 57.8 Å². The third-order valence-electron chi connectivity index (χ3n) is 9.07. The van der Waals surface area contributed by atoms with Crippen LogP contribution >= 0.6 is 11.6 Å². The molecule has 2 aliphatic rings. The number of methoxy groups -OCH3 is 1. The van der Waals surface area contributed by atoms with Crippen LogP contribution in [0.4, 0.5) is 0 Å². The number of carbonyl (C=O) groups is 2. The van der Waals surface area contributed by atoms with E-state index in [4.69, 9.17) is 21.5 Å². The van der Waals surface area contributed by atoms with Crippen molar-refractivity contribution in [3.63, 3.8) is 0 Å². The fourth-order valence-electron chi connectivity index (χ4n) is 6.31. The fraction of sp³-hybridized carbons (Fsp3) is 0.515. The van der Waals surface area contributed by atoms with Crippen LogP contribution in [-0.4, -0.2) is 76.9 Å². The number of pyridine rings is 2. The molecule has 0 radical (unpaired) electrons. The Morgan fingerprint density at radius 2 is 1.84 bits per heavy atom. The molecule has 0 saturated carbocycles. The molecule has 0 atom stereocenters. The van der Waals surface area contributed by atoms with Crippen LogP contribution in [0.1, 0.15) is 56.2 Å². The molecule has 2 aromatic heterocycles. The van der Waals surface area contributed by atoms with Crippen LogP contribution in [0.25, 0.3) is 10.9 Å². The van der Waals surface area contributed by atoms with Gasteiger partial charge >= 0.3 is 0 Å².